The molecule has 3 amide bonds. The lowest BCUT2D eigenvalue weighted by Gasteiger charge is -2.39. The van der Waals surface area contributed by atoms with Crippen LogP contribution in [-0.2, 0) is 14.3 Å². The Morgan fingerprint density at radius 3 is 2.74 bits per heavy atom. The van der Waals surface area contributed by atoms with Gasteiger partial charge in [0.05, 0.1) is 12.6 Å². The summed E-state index contributed by atoms with van der Waals surface area (Å²) >= 11 is 0. The number of piperidine rings is 1. The van der Waals surface area contributed by atoms with Crippen molar-refractivity contribution in [1.82, 2.24) is 10.2 Å². The number of nitrogens with one attached hydrogen (secondary N) is 1. The summed E-state index contributed by atoms with van der Waals surface area (Å²) in [6, 6.07) is 3.28. The van der Waals surface area contributed by atoms with Gasteiger partial charge in [-0.3, -0.25) is 4.79 Å². The highest BCUT2D eigenvalue weighted by Crippen LogP contribution is 2.34. The van der Waals surface area contributed by atoms with E-state index in [9.17, 15) is 18.8 Å². The van der Waals surface area contributed by atoms with Gasteiger partial charge in [0, 0.05) is 19.4 Å². The quantitative estimate of drug-likeness (QED) is 0.758. The standard InChI is InChI=1S/C18H24FN3O5/c1-3-26-16(23)10-21-18(25)27-13-6-7-22(17(20)24)15(9-13)14-5-4-12(19)8-11(14)2/h4-5,8,13,15H,3,6-7,9-10H2,1-2H3,(H2,20,24)(H,21,25). The van der Waals surface area contributed by atoms with E-state index in [2.05, 4.69) is 5.32 Å². The Balaban J connectivity index is 2.04. The molecule has 0 spiro atoms. The molecule has 8 nitrogen and oxygen atoms in total. The number of aryl methyl sites for hydroxylation is 1. The zero-order valence-electron chi connectivity index (χ0n) is 15.4. The van der Waals surface area contributed by atoms with Gasteiger partial charge in [-0.15, -0.1) is 0 Å². The lowest BCUT2D eigenvalue weighted by molar-refractivity contribution is -0.141. The first-order valence-electron chi connectivity index (χ1n) is 8.74. The molecule has 0 saturated carbocycles. The Morgan fingerprint density at radius 1 is 1.37 bits per heavy atom. The minimum Gasteiger partial charge on any atom is -0.465 e. The van der Waals surface area contributed by atoms with Crippen LogP contribution in [0, 0.1) is 12.7 Å². The molecule has 1 saturated heterocycles. The number of urea groups is 1. The predicted molar refractivity (Wildman–Crippen MR) is 94.3 cm³/mol. The number of hydrogen-bond acceptors (Lipinski definition) is 5. The van der Waals surface area contributed by atoms with E-state index in [1.165, 1.54) is 17.0 Å². The van der Waals surface area contributed by atoms with Crippen LogP contribution in [0.3, 0.4) is 0 Å². The average Bonchev–Trinajstić information content (AvgIpc) is 2.60. The highest BCUT2D eigenvalue weighted by molar-refractivity contribution is 5.78. The topological polar surface area (TPSA) is 111 Å². The van der Waals surface area contributed by atoms with Crippen LogP contribution in [0.1, 0.15) is 36.9 Å². The Labute approximate surface area is 156 Å². The molecule has 1 aromatic carbocycles. The van der Waals surface area contributed by atoms with Crippen LogP contribution in [0.5, 0.6) is 0 Å². The predicted octanol–water partition coefficient (Wildman–Crippen LogP) is 2.01. The summed E-state index contributed by atoms with van der Waals surface area (Å²) in [7, 11) is 0. The summed E-state index contributed by atoms with van der Waals surface area (Å²) in [5.74, 6) is -0.929. The van der Waals surface area contributed by atoms with Gasteiger partial charge in [0.25, 0.3) is 0 Å². The number of primary amides is 1. The number of alkyl carbamates (subject to hydrolysis) is 1. The van der Waals surface area contributed by atoms with E-state index in [1.54, 1.807) is 19.9 Å². The molecular weight excluding hydrogens is 357 g/mol. The molecule has 2 rings (SSSR count). The third-order valence-electron chi connectivity index (χ3n) is 4.38. The first-order chi connectivity index (χ1) is 12.8. The molecule has 0 bridgehead atoms. The number of hydrogen-bond donors (Lipinski definition) is 2. The van der Waals surface area contributed by atoms with E-state index >= 15 is 0 Å². The molecule has 1 aromatic rings. The van der Waals surface area contributed by atoms with Crippen LogP contribution in [-0.4, -0.2) is 48.8 Å². The minimum absolute atomic E-state index is 0.222. The smallest absolute Gasteiger partial charge is 0.407 e. The van der Waals surface area contributed by atoms with Crippen molar-refractivity contribution in [2.24, 2.45) is 5.73 Å². The van der Waals surface area contributed by atoms with Crippen LogP contribution >= 0.6 is 0 Å². The number of rotatable bonds is 5. The zero-order chi connectivity index (χ0) is 20.0. The number of nitrogens with two attached hydrogens (primary N) is 1. The highest BCUT2D eigenvalue weighted by atomic mass is 19.1. The van der Waals surface area contributed by atoms with Crippen molar-refractivity contribution < 1.29 is 28.2 Å². The maximum absolute atomic E-state index is 13.4. The van der Waals surface area contributed by atoms with Gasteiger partial charge in [-0.25, -0.2) is 14.0 Å². The second kappa shape index (κ2) is 9.20. The SMILES string of the molecule is CCOC(=O)CNC(=O)OC1CCN(C(N)=O)C(c2ccc(F)cc2C)C1. The largest absolute Gasteiger partial charge is 0.465 e. The molecule has 0 radical (unpaired) electrons. The summed E-state index contributed by atoms with van der Waals surface area (Å²) in [5.41, 5.74) is 6.90. The number of nitrogens with zero attached hydrogens (tertiary/aromatic N) is 1. The van der Waals surface area contributed by atoms with Crippen LogP contribution in [0.2, 0.25) is 0 Å². The molecule has 148 valence electrons. The Kier molecular flexibility index (Phi) is 6.98. The van der Waals surface area contributed by atoms with Crippen molar-refractivity contribution >= 4 is 18.1 Å². The normalized spacial score (nSPS) is 19.3. The van der Waals surface area contributed by atoms with Crippen molar-refractivity contribution in [3.63, 3.8) is 0 Å². The molecule has 3 N–H and O–H groups in total. The Morgan fingerprint density at radius 2 is 2.11 bits per heavy atom. The van der Waals surface area contributed by atoms with E-state index in [1.807, 2.05) is 0 Å². The maximum Gasteiger partial charge on any atom is 0.407 e. The Hall–Kier alpha value is -2.84. The maximum atomic E-state index is 13.4. The fraction of sp³-hybridized carbons (Fsp3) is 0.500. The number of likely N-dealkylation sites (tertiary alicyclic amines) is 1. The van der Waals surface area contributed by atoms with E-state index in [0.717, 1.165) is 5.56 Å². The van der Waals surface area contributed by atoms with E-state index in [0.29, 0.717) is 24.9 Å². The van der Waals surface area contributed by atoms with Gasteiger partial charge in [0.1, 0.15) is 18.5 Å². The molecule has 2 unspecified atom stereocenters. The van der Waals surface area contributed by atoms with Crippen molar-refractivity contribution in [2.45, 2.75) is 38.8 Å². The molecule has 1 fully saturated rings. The zero-order valence-corrected chi connectivity index (χ0v) is 15.4. The summed E-state index contributed by atoms with van der Waals surface area (Å²) < 4.78 is 23.5. The van der Waals surface area contributed by atoms with Crippen molar-refractivity contribution in [2.75, 3.05) is 19.7 Å². The monoisotopic (exact) mass is 381 g/mol. The third kappa shape index (κ3) is 5.57. The summed E-state index contributed by atoms with van der Waals surface area (Å²) in [4.78, 5) is 36.4. The van der Waals surface area contributed by atoms with Crippen molar-refractivity contribution in [3.05, 3.63) is 35.1 Å². The number of benzene rings is 1. The lowest BCUT2D eigenvalue weighted by Crippen LogP contribution is -2.47. The number of halogens is 1. The number of carbonyl (C=O) groups is 3. The van der Waals surface area contributed by atoms with Crippen LogP contribution < -0.4 is 11.1 Å². The number of esters is 1. The van der Waals surface area contributed by atoms with Gasteiger partial charge >= 0.3 is 18.1 Å². The van der Waals surface area contributed by atoms with E-state index in [-0.39, 0.29) is 19.0 Å². The van der Waals surface area contributed by atoms with Gasteiger partial charge in [-0.05, 0) is 37.1 Å². The molecule has 1 heterocycles. The summed E-state index contributed by atoms with van der Waals surface area (Å²) in [5, 5.41) is 2.33. The van der Waals surface area contributed by atoms with Gasteiger partial charge in [0.2, 0.25) is 0 Å². The van der Waals surface area contributed by atoms with Crippen LogP contribution in [0.4, 0.5) is 14.0 Å². The minimum atomic E-state index is -0.741. The van der Waals surface area contributed by atoms with Crippen LogP contribution in [0.15, 0.2) is 18.2 Å². The average molecular weight is 381 g/mol. The molecule has 9 heteroatoms. The number of carbonyl (C=O) groups excluding carboxylic acids is 3. The second-order valence-electron chi connectivity index (χ2n) is 6.26. The van der Waals surface area contributed by atoms with Gasteiger partial charge in [0.15, 0.2) is 0 Å². The first-order valence-corrected chi connectivity index (χ1v) is 8.74. The molecule has 0 aromatic heterocycles. The molecule has 2 atom stereocenters. The van der Waals surface area contributed by atoms with Gasteiger partial charge < -0.3 is 25.4 Å². The van der Waals surface area contributed by atoms with Crippen molar-refractivity contribution in [1.29, 1.82) is 0 Å². The highest BCUT2D eigenvalue weighted by Gasteiger charge is 2.34. The fourth-order valence-corrected chi connectivity index (χ4v) is 3.16. The third-order valence-corrected chi connectivity index (χ3v) is 4.38. The van der Waals surface area contributed by atoms with E-state index < -0.39 is 30.2 Å². The number of amides is 3. The first kappa shape index (κ1) is 20.5. The summed E-state index contributed by atoms with van der Waals surface area (Å²) in [6.45, 7) is 3.65. The summed E-state index contributed by atoms with van der Waals surface area (Å²) in [6.07, 6.45) is -0.484. The molecule has 1 aliphatic heterocycles. The molecular formula is C18H24FN3O5. The molecule has 1 aliphatic rings. The molecule has 0 aliphatic carbocycles. The van der Waals surface area contributed by atoms with E-state index in [4.69, 9.17) is 15.2 Å². The van der Waals surface area contributed by atoms with Crippen LogP contribution in [0.25, 0.3) is 0 Å². The van der Waals surface area contributed by atoms with Crippen molar-refractivity contribution in [3.8, 4) is 0 Å². The Bertz CT molecular complexity index is 712. The molecule has 27 heavy (non-hydrogen) atoms. The second-order valence-corrected chi connectivity index (χ2v) is 6.26. The fourth-order valence-electron chi connectivity index (χ4n) is 3.16. The lowest BCUT2D eigenvalue weighted by atomic mass is 9.91. The van der Waals surface area contributed by atoms with Gasteiger partial charge in [-0.2, -0.15) is 0 Å². The van der Waals surface area contributed by atoms with Gasteiger partial charge in [-0.1, -0.05) is 6.07 Å². The number of ether oxygens (including phenoxy) is 2.